The average Bonchev–Trinajstić information content (AvgIpc) is 3.69. The SMILES string of the molecule is COc1ccc(Cn2c(=O)ccn([C@@H]3OC([C@H](O)[C@H](NCCCNC(=O)[C@H](CC(C)C)NC(=O)[C@H](CCCN=C(N)N)NC(=O)N[C@H](C(=O)O)C(C)C)C(=O)OC(C)(C)C)[C@@H](O[Si](C)(C)C(C)(C)C)[C@H]3O[Si](C)(C)C(C)(C)C)c2=O)cc1. The minimum absolute atomic E-state index is 0.0383. The summed E-state index contributed by atoms with van der Waals surface area (Å²) in [7, 11) is -4.09. The van der Waals surface area contributed by atoms with Crippen LogP contribution in [0.5, 0.6) is 5.75 Å². The number of aliphatic carboxylic acids is 1. The summed E-state index contributed by atoms with van der Waals surface area (Å²) >= 11 is 0. The number of amides is 4. The molecular formula is C56H98N10O14Si2. The Labute approximate surface area is 486 Å². The summed E-state index contributed by atoms with van der Waals surface area (Å²) in [5, 5.41) is 35.5. The number of urea groups is 1. The van der Waals surface area contributed by atoms with E-state index >= 15 is 0 Å². The molecule has 0 radical (unpaired) electrons. The largest absolute Gasteiger partial charge is 0.497 e. The van der Waals surface area contributed by atoms with Crippen LogP contribution in [-0.4, -0.2) is 153 Å². The molecule has 9 atom stereocenters. The lowest BCUT2D eigenvalue weighted by Gasteiger charge is -2.44. The molecule has 2 aromatic rings. The Bertz CT molecular complexity index is 2600. The number of aliphatic hydroxyl groups excluding tert-OH is 1. The van der Waals surface area contributed by atoms with E-state index in [2.05, 4.69) is 86.2 Å². The summed E-state index contributed by atoms with van der Waals surface area (Å²) in [5.74, 6) is -3.40. The minimum Gasteiger partial charge on any atom is -0.497 e. The Kier molecular flexibility index (Phi) is 25.6. The zero-order chi connectivity index (χ0) is 62.5. The molecule has 3 rings (SSSR count). The lowest BCUT2D eigenvalue weighted by atomic mass is 9.99. The first-order valence-corrected chi connectivity index (χ1v) is 34.1. The van der Waals surface area contributed by atoms with Crippen LogP contribution in [0.1, 0.15) is 127 Å². The third-order valence-corrected chi connectivity index (χ3v) is 24.0. The number of carbonyl (C=O) groups is 5. The summed E-state index contributed by atoms with van der Waals surface area (Å²) < 4.78 is 35.0. The molecule has 82 heavy (non-hydrogen) atoms. The molecule has 0 bridgehead atoms. The summed E-state index contributed by atoms with van der Waals surface area (Å²) in [5.41, 5.74) is 9.36. The van der Waals surface area contributed by atoms with Gasteiger partial charge in [-0.15, -0.1) is 0 Å². The van der Waals surface area contributed by atoms with Crippen molar-refractivity contribution < 1.29 is 57.2 Å². The van der Waals surface area contributed by atoms with Gasteiger partial charge in [0.25, 0.3) is 5.56 Å². The van der Waals surface area contributed by atoms with Gasteiger partial charge in [-0.2, -0.15) is 0 Å². The standard InChI is InChI=1S/C56H98N10O14Si2/c1-33(2)31-38(62-47(70)37(21-19-27-61-51(57)58)63-52(74)64-40(34(3)4)49(71)72)46(69)60-29-20-28-59-41(50(73)78-54(5,6)7)42(68)43-44(79-81(15,16)55(8,9)10)45(80-82(17,18)56(11,12)13)48(77-43)65-30-26-39(67)66(53(65)75)32-35-22-24-36(76-14)25-23-35/h22-26,30,33-34,37-38,40-45,48,59,68H,19-21,27-29,31-32H2,1-18H3,(H,60,69)(H,62,70)(H,71,72)(H4,57,58,61)(H2,63,64,74)/t37-,38-,40-,41-,42+,43?,44+,45+,48+/m0/s1. The van der Waals surface area contributed by atoms with Crippen LogP contribution in [0.25, 0.3) is 0 Å². The molecule has 1 saturated heterocycles. The Morgan fingerprint density at radius 1 is 0.780 bits per heavy atom. The van der Waals surface area contributed by atoms with Crippen LogP contribution in [0.2, 0.25) is 36.3 Å². The Hall–Kier alpha value is -5.65. The molecule has 4 amide bonds. The smallest absolute Gasteiger partial charge is 0.333 e. The van der Waals surface area contributed by atoms with Crippen molar-refractivity contribution in [3.63, 3.8) is 0 Å². The molecule has 464 valence electrons. The Morgan fingerprint density at radius 2 is 1.37 bits per heavy atom. The van der Waals surface area contributed by atoms with E-state index in [1.54, 1.807) is 58.9 Å². The number of carboxylic acid groups (broad SMARTS) is 1. The molecule has 2 heterocycles. The van der Waals surface area contributed by atoms with Gasteiger partial charge in [0.15, 0.2) is 28.8 Å². The Morgan fingerprint density at radius 3 is 1.88 bits per heavy atom. The van der Waals surface area contributed by atoms with Gasteiger partial charge >= 0.3 is 23.7 Å². The predicted molar refractivity (Wildman–Crippen MR) is 319 cm³/mol. The number of hydrogen-bond donors (Lipinski definition) is 9. The van der Waals surface area contributed by atoms with Crippen molar-refractivity contribution in [2.24, 2.45) is 28.3 Å². The first-order valence-electron chi connectivity index (χ1n) is 28.3. The number of nitrogens with zero attached hydrogens (tertiary/aromatic N) is 3. The van der Waals surface area contributed by atoms with Gasteiger partial charge in [0.1, 0.15) is 59.9 Å². The molecule has 1 fully saturated rings. The number of esters is 1. The van der Waals surface area contributed by atoms with Crippen LogP contribution >= 0.6 is 0 Å². The summed E-state index contributed by atoms with van der Waals surface area (Å²) in [6.07, 6.45) is -4.37. The Balaban J connectivity index is 2.03. The highest BCUT2D eigenvalue weighted by molar-refractivity contribution is 6.74. The zero-order valence-corrected chi connectivity index (χ0v) is 53.8. The summed E-state index contributed by atoms with van der Waals surface area (Å²) in [6, 6.07) is 2.37. The van der Waals surface area contributed by atoms with Crippen molar-refractivity contribution in [1.29, 1.82) is 0 Å². The number of nitrogens with one attached hydrogen (secondary N) is 5. The maximum absolute atomic E-state index is 14.7. The molecule has 11 N–H and O–H groups in total. The van der Waals surface area contributed by atoms with E-state index in [1.807, 2.05) is 26.9 Å². The second kappa shape index (κ2) is 29.7. The van der Waals surface area contributed by atoms with Crippen molar-refractivity contribution in [2.45, 2.75) is 219 Å². The van der Waals surface area contributed by atoms with Crippen LogP contribution in [0.3, 0.4) is 0 Å². The maximum Gasteiger partial charge on any atom is 0.333 e. The lowest BCUT2D eigenvalue weighted by Crippen LogP contribution is -2.59. The highest BCUT2D eigenvalue weighted by atomic mass is 28.4. The number of carboxylic acids is 1. The number of rotatable bonds is 29. The fourth-order valence-electron chi connectivity index (χ4n) is 8.42. The van der Waals surface area contributed by atoms with Crippen LogP contribution < -0.4 is 54.0 Å². The van der Waals surface area contributed by atoms with E-state index in [-0.39, 0.29) is 73.8 Å². The number of ether oxygens (including phenoxy) is 3. The zero-order valence-electron chi connectivity index (χ0n) is 51.8. The third-order valence-electron chi connectivity index (χ3n) is 15.1. The lowest BCUT2D eigenvalue weighted by molar-refractivity contribution is -0.166. The second-order valence-corrected chi connectivity index (χ2v) is 35.4. The second-order valence-electron chi connectivity index (χ2n) is 25.9. The molecule has 1 aromatic heterocycles. The molecule has 0 saturated carbocycles. The molecule has 0 aliphatic carbocycles. The van der Waals surface area contributed by atoms with Gasteiger partial charge in [0.2, 0.25) is 11.8 Å². The van der Waals surface area contributed by atoms with Gasteiger partial charge in [0.05, 0.1) is 13.7 Å². The van der Waals surface area contributed by atoms with E-state index in [1.165, 1.54) is 23.9 Å². The van der Waals surface area contributed by atoms with E-state index in [4.69, 9.17) is 34.5 Å². The maximum atomic E-state index is 14.7. The summed E-state index contributed by atoms with van der Waals surface area (Å²) in [6.45, 7) is 32.8. The highest BCUT2D eigenvalue weighted by Crippen LogP contribution is 2.46. The topological polar surface area (TPSA) is 341 Å². The van der Waals surface area contributed by atoms with Crippen LogP contribution in [0, 0.1) is 11.8 Å². The average molecular weight is 1190 g/mol. The number of aromatic nitrogens is 2. The number of methoxy groups -OCH3 is 1. The van der Waals surface area contributed by atoms with Crippen molar-refractivity contribution in [2.75, 3.05) is 26.7 Å². The molecule has 0 spiro atoms. The van der Waals surface area contributed by atoms with Gasteiger partial charge in [0, 0.05) is 25.4 Å². The number of hydrogen-bond acceptors (Lipinski definition) is 15. The van der Waals surface area contributed by atoms with Crippen molar-refractivity contribution in [1.82, 2.24) is 35.7 Å². The van der Waals surface area contributed by atoms with Gasteiger partial charge in [-0.3, -0.25) is 33.3 Å². The fraction of sp³-hybridized carbons (Fsp3) is 0.714. The van der Waals surface area contributed by atoms with Crippen molar-refractivity contribution in [3.05, 3.63) is 62.9 Å². The predicted octanol–water partition coefficient (Wildman–Crippen LogP) is 4.27. The van der Waals surface area contributed by atoms with Crippen LogP contribution in [-0.2, 0) is 44.0 Å². The monoisotopic (exact) mass is 1190 g/mol. The molecule has 1 aliphatic heterocycles. The van der Waals surface area contributed by atoms with Crippen LogP contribution in [0.15, 0.2) is 51.1 Å². The number of carbonyl (C=O) groups excluding carboxylic acids is 4. The normalized spacial score (nSPS) is 18.9. The third kappa shape index (κ3) is 20.6. The molecule has 1 aliphatic rings. The number of aliphatic hydroxyl groups is 1. The van der Waals surface area contributed by atoms with Crippen molar-refractivity contribution in [3.8, 4) is 5.75 Å². The first kappa shape index (κ1) is 70.6. The van der Waals surface area contributed by atoms with Gasteiger partial charge in [-0.1, -0.05) is 81.4 Å². The van der Waals surface area contributed by atoms with E-state index < -0.39 is 124 Å². The quantitative estimate of drug-likeness (QED) is 0.0180. The van der Waals surface area contributed by atoms with Crippen LogP contribution in [0.4, 0.5) is 4.79 Å². The molecule has 24 nitrogen and oxygen atoms in total. The summed E-state index contributed by atoms with van der Waals surface area (Å²) in [4.78, 5) is 99.3. The fourth-order valence-corrected chi connectivity index (χ4v) is 11.0. The minimum atomic E-state index is -2.83. The highest BCUT2D eigenvalue weighted by Gasteiger charge is 2.58. The van der Waals surface area contributed by atoms with Crippen molar-refractivity contribution >= 4 is 52.4 Å². The van der Waals surface area contributed by atoms with Gasteiger partial charge < -0.3 is 71.3 Å². The molecule has 1 unspecified atom stereocenters. The first-order chi connectivity index (χ1) is 37.7. The number of guanidine groups is 1. The van der Waals surface area contributed by atoms with Gasteiger partial charge in [-0.25, -0.2) is 14.4 Å². The van der Waals surface area contributed by atoms with E-state index in [0.29, 0.717) is 11.3 Å². The number of benzene rings is 1. The van der Waals surface area contributed by atoms with Gasteiger partial charge in [-0.05, 0) is 119 Å². The van der Waals surface area contributed by atoms with E-state index in [9.17, 15) is 43.8 Å². The number of aliphatic imine (C=N–C) groups is 1. The molecule has 1 aromatic carbocycles. The molecular weight excluding hydrogens is 1090 g/mol. The number of nitrogens with two attached hydrogens (primary N) is 2. The van der Waals surface area contributed by atoms with E-state index in [0.717, 1.165) is 4.57 Å². The molecule has 26 heteroatoms.